The van der Waals surface area contributed by atoms with E-state index in [1.807, 2.05) is 4.90 Å². The fourth-order valence-electron chi connectivity index (χ4n) is 7.93. The Morgan fingerprint density at radius 1 is 0.500 bits per heavy atom. The normalized spacial score (nSPS) is 13.2. The number of amides is 1. The minimum atomic E-state index is -0.651. The summed E-state index contributed by atoms with van der Waals surface area (Å²) < 4.78 is 16.9. The third kappa shape index (κ3) is 36.2. The molecular weight excluding hydrogens is 727 g/mol. The molecule has 0 aromatic heterocycles. The minimum Gasteiger partial charge on any atom is -0.466 e. The third-order valence-electron chi connectivity index (χ3n) is 11.7. The summed E-state index contributed by atoms with van der Waals surface area (Å²) in [6.07, 6.45) is 42.3. The molecule has 0 saturated carbocycles. The van der Waals surface area contributed by atoms with Gasteiger partial charge in [-0.25, -0.2) is 0 Å². The molecule has 1 aliphatic heterocycles. The lowest BCUT2D eigenvalue weighted by molar-refractivity contribution is -0.146. The number of carbonyl (C=O) groups is 3. The van der Waals surface area contributed by atoms with Gasteiger partial charge in [0.25, 0.3) is 0 Å². The summed E-state index contributed by atoms with van der Waals surface area (Å²) >= 11 is 0. The number of hydrogen-bond donors (Lipinski definition) is 2. The van der Waals surface area contributed by atoms with Crippen LogP contribution in [0.2, 0.25) is 0 Å². The second kappa shape index (κ2) is 42.0. The van der Waals surface area contributed by atoms with Crippen molar-refractivity contribution < 1.29 is 28.6 Å². The number of rotatable bonds is 45. The van der Waals surface area contributed by atoms with Crippen molar-refractivity contribution in [3.05, 3.63) is 0 Å². The van der Waals surface area contributed by atoms with E-state index in [-0.39, 0.29) is 43.3 Å². The van der Waals surface area contributed by atoms with E-state index in [9.17, 15) is 14.4 Å². The summed E-state index contributed by atoms with van der Waals surface area (Å²) in [5.41, 5.74) is 5.55. The molecule has 1 heterocycles. The van der Waals surface area contributed by atoms with E-state index in [4.69, 9.17) is 19.9 Å². The number of nitrogens with zero attached hydrogens (tertiary/aromatic N) is 1. The smallest absolute Gasteiger partial charge is 0.307 e. The van der Waals surface area contributed by atoms with Crippen molar-refractivity contribution in [2.24, 2.45) is 5.73 Å². The molecule has 1 fully saturated rings. The van der Waals surface area contributed by atoms with Crippen LogP contribution in [0.3, 0.4) is 0 Å². The van der Waals surface area contributed by atoms with Crippen molar-refractivity contribution in [1.82, 2.24) is 10.2 Å². The zero-order valence-corrected chi connectivity index (χ0v) is 38.3. The number of carbonyl (C=O) groups excluding carboxylic acids is 3. The average Bonchev–Trinajstić information content (AvgIpc) is 3.19. The van der Waals surface area contributed by atoms with Crippen LogP contribution in [-0.2, 0) is 28.6 Å². The zero-order chi connectivity index (χ0) is 42.0. The Hall–Kier alpha value is -1.71. The van der Waals surface area contributed by atoms with Gasteiger partial charge in [-0.2, -0.15) is 0 Å². The maximum atomic E-state index is 12.9. The van der Waals surface area contributed by atoms with Gasteiger partial charge >= 0.3 is 11.9 Å². The van der Waals surface area contributed by atoms with Gasteiger partial charge in [0.1, 0.15) is 0 Å². The molecule has 1 rings (SSSR count). The number of ether oxygens (including phenoxy) is 3. The molecule has 9 heteroatoms. The molecule has 9 nitrogen and oxygen atoms in total. The maximum absolute atomic E-state index is 12.9. The van der Waals surface area contributed by atoms with Gasteiger partial charge in [-0.05, 0) is 25.8 Å². The molecule has 0 radical (unpaired) electrons. The van der Waals surface area contributed by atoms with Crippen LogP contribution < -0.4 is 11.1 Å². The maximum Gasteiger partial charge on any atom is 0.307 e. The second-order valence-electron chi connectivity index (χ2n) is 17.5. The van der Waals surface area contributed by atoms with E-state index < -0.39 is 6.04 Å². The number of esters is 2. The van der Waals surface area contributed by atoms with Crippen molar-refractivity contribution in [1.29, 1.82) is 0 Å². The highest BCUT2D eigenvalue weighted by Crippen LogP contribution is 2.16. The van der Waals surface area contributed by atoms with E-state index in [2.05, 4.69) is 19.2 Å². The summed E-state index contributed by atoms with van der Waals surface area (Å²) in [5.74, 6) is -0.968. The standard InChI is InChI=1S/C49H95N3O6/c1-3-5-7-9-11-13-15-17-19-21-23-25-27-29-31-33-37-57-48(54)40-45(51-47(53)44-52-42-46(43-52)56-39-35-36-50)41-49(55)58-38-34-32-30-28-26-24-22-20-18-16-14-12-10-8-6-4-2/h45-46H,3-44,50H2,1-2H3,(H,51,53). The Balaban J connectivity index is 2.21. The van der Waals surface area contributed by atoms with Gasteiger partial charge in [0.15, 0.2) is 0 Å². The highest BCUT2D eigenvalue weighted by molar-refractivity contribution is 5.81. The number of hydrogen-bond acceptors (Lipinski definition) is 8. The average molecular weight is 822 g/mol. The molecule has 342 valence electrons. The van der Waals surface area contributed by atoms with Crippen LogP contribution in [-0.4, -0.2) is 80.9 Å². The van der Waals surface area contributed by atoms with E-state index in [0.717, 1.165) is 44.9 Å². The largest absolute Gasteiger partial charge is 0.466 e. The molecule has 0 spiro atoms. The van der Waals surface area contributed by atoms with Crippen molar-refractivity contribution in [3.8, 4) is 0 Å². The highest BCUT2D eigenvalue weighted by atomic mass is 16.5. The first kappa shape index (κ1) is 54.3. The second-order valence-corrected chi connectivity index (χ2v) is 17.5. The SMILES string of the molecule is CCCCCCCCCCCCCCCCCCOC(=O)CC(CC(=O)OCCCCCCCCCCCCCCCCCC)NC(=O)CN1CC(OCCCN)C1. The van der Waals surface area contributed by atoms with E-state index in [1.165, 1.54) is 167 Å². The molecule has 1 saturated heterocycles. The molecule has 58 heavy (non-hydrogen) atoms. The zero-order valence-electron chi connectivity index (χ0n) is 38.3. The molecule has 0 aliphatic carbocycles. The van der Waals surface area contributed by atoms with Gasteiger partial charge < -0.3 is 25.3 Å². The van der Waals surface area contributed by atoms with Crippen molar-refractivity contribution in [3.63, 3.8) is 0 Å². The molecule has 1 amide bonds. The monoisotopic (exact) mass is 822 g/mol. The van der Waals surface area contributed by atoms with Crippen molar-refractivity contribution in [2.75, 3.05) is 46.0 Å². The van der Waals surface area contributed by atoms with E-state index >= 15 is 0 Å². The van der Waals surface area contributed by atoms with Crippen LogP contribution in [0.5, 0.6) is 0 Å². The lowest BCUT2D eigenvalue weighted by Crippen LogP contribution is -2.56. The van der Waals surface area contributed by atoms with Crippen LogP contribution in [0.4, 0.5) is 0 Å². The molecule has 0 unspecified atom stereocenters. The summed E-state index contributed by atoms with van der Waals surface area (Å²) in [6, 6.07) is -0.651. The molecular formula is C49H95N3O6. The summed E-state index contributed by atoms with van der Waals surface area (Å²) in [6.45, 7) is 8.11. The van der Waals surface area contributed by atoms with Crippen LogP contribution in [0.1, 0.15) is 239 Å². The highest BCUT2D eigenvalue weighted by Gasteiger charge is 2.30. The number of nitrogens with one attached hydrogen (secondary N) is 1. The van der Waals surface area contributed by atoms with Crippen LogP contribution >= 0.6 is 0 Å². The van der Waals surface area contributed by atoms with Gasteiger partial charge in [-0.3, -0.25) is 19.3 Å². The molecule has 0 bridgehead atoms. The van der Waals surface area contributed by atoms with Gasteiger partial charge in [0.05, 0.1) is 38.7 Å². The van der Waals surface area contributed by atoms with Gasteiger partial charge in [-0.1, -0.05) is 206 Å². The Kier molecular flexibility index (Phi) is 39.3. The molecule has 0 aromatic rings. The summed E-state index contributed by atoms with van der Waals surface area (Å²) in [5, 5.41) is 2.92. The molecule has 0 aromatic carbocycles. The first-order valence-corrected chi connectivity index (χ1v) is 25.1. The van der Waals surface area contributed by atoms with Gasteiger partial charge in [0.2, 0.25) is 5.91 Å². The molecule has 1 aliphatic rings. The van der Waals surface area contributed by atoms with Crippen LogP contribution in [0.15, 0.2) is 0 Å². The predicted octanol–water partition coefficient (Wildman–Crippen LogP) is 11.9. The molecule has 0 atom stereocenters. The summed E-state index contributed by atoms with van der Waals surface area (Å²) in [4.78, 5) is 40.5. The quantitative estimate of drug-likeness (QED) is 0.0460. The predicted molar refractivity (Wildman–Crippen MR) is 242 cm³/mol. The fourth-order valence-corrected chi connectivity index (χ4v) is 7.93. The number of likely N-dealkylation sites (tertiary alicyclic amines) is 1. The summed E-state index contributed by atoms with van der Waals surface area (Å²) in [7, 11) is 0. The van der Waals surface area contributed by atoms with E-state index in [0.29, 0.717) is 39.5 Å². The Morgan fingerprint density at radius 3 is 1.16 bits per heavy atom. The molecule has 3 N–H and O–H groups in total. The lowest BCUT2D eigenvalue weighted by atomic mass is 10.0. The van der Waals surface area contributed by atoms with Crippen LogP contribution in [0, 0.1) is 0 Å². The van der Waals surface area contributed by atoms with Gasteiger partial charge in [0, 0.05) is 25.7 Å². The number of unbranched alkanes of at least 4 members (excludes halogenated alkanes) is 30. The Morgan fingerprint density at radius 2 is 0.828 bits per heavy atom. The van der Waals surface area contributed by atoms with E-state index in [1.54, 1.807) is 0 Å². The minimum absolute atomic E-state index is 0.0381. The first-order valence-electron chi connectivity index (χ1n) is 25.1. The lowest BCUT2D eigenvalue weighted by Gasteiger charge is -2.38. The Labute approximate surface area is 358 Å². The van der Waals surface area contributed by atoms with Crippen LogP contribution in [0.25, 0.3) is 0 Å². The first-order chi connectivity index (χ1) is 28.5. The van der Waals surface area contributed by atoms with Gasteiger partial charge in [-0.15, -0.1) is 0 Å². The third-order valence-corrected chi connectivity index (χ3v) is 11.7. The Bertz CT molecular complexity index is 878. The topological polar surface area (TPSA) is 120 Å². The van der Waals surface area contributed by atoms with Crippen molar-refractivity contribution >= 4 is 17.8 Å². The number of nitrogens with two attached hydrogens (primary N) is 1. The van der Waals surface area contributed by atoms with Crippen molar-refractivity contribution in [2.45, 2.75) is 251 Å². The fraction of sp³-hybridized carbons (Fsp3) is 0.939.